The van der Waals surface area contributed by atoms with E-state index in [4.69, 9.17) is 10.5 Å². The number of rotatable bonds is 2. The van der Waals surface area contributed by atoms with E-state index in [0.717, 1.165) is 12.8 Å². The van der Waals surface area contributed by atoms with E-state index in [1.165, 1.54) is 18.9 Å². The average Bonchev–Trinajstić information content (AvgIpc) is 2.67. The Labute approximate surface area is 96.7 Å². The zero-order chi connectivity index (χ0) is 10.8. The van der Waals surface area contributed by atoms with E-state index in [1.54, 1.807) is 6.07 Å². The molecule has 1 aliphatic carbocycles. The fourth-order valence-corrected chi connectivity index (χ4v) is 2.19. The molecule has 0 aromatic heterocycles. The standard InChI is InChI=1S/C11H13BrFNO/c12-8-5-10(14)11(6-9(8)13)15-7-3-1-2-4-7/h5-7H,1-4,14H2. The van der Waals surface area contributed by atoms with Crippen LogP contribution in [-0.2, 0) is 0 Å². The molecule has 0 radical (unpaired) electrons. The van der Waals surface area contributed by atoms with Gasteiger partial charge in [-0.05, 0) is 47.7 Å². The molecule has 15 heavy (non-hydrogen) atoms. The van der Waals surface area contributed by atoms with Gasteiger partial charge in [0.15, 0.2) is 0 Å². The predicted octanol–water partition coefficient (Wildman–Crippen LogP) is 3.49. The van der Waals surface area contributed by atoms with Crippen molar-refractivity contribution in [3.05, 3.63) is 22.4 Å². The molecule has 0 atom stereocenters. The van der Waals surface area contributed by atoms with Crippen LogP contribution in [-0.4, -0.2) is 6.10 Å². The topological polar surface area (TPSA) is 35.2 Å². The molecule has 0 heterocycles. The van der Waals surface area contributed by atoms with Gasteiger partial charge in [0, 0.05) is 6.07 Å². The molecule has 0 aliphatic heterocycles. The first kappa shape index (κ1) is 10.7. The van der Waals surface area contributed by atoms with Gasteiger partial charge in [0.05, 0.1) is 16.3 Å². The smallest absolute Gasteiger partial charge is 0.145 e. The molecule has 2 N–H and O–H groups in total. The third kappa shape index (κ3) is 2.43. The number of benzene rings is 1. The Bertz CT molecular complexity index is 364. The van der Waals surface area contributed by atoms with Crippen molar-refractivity contribution in [2.24, 2.45) is 0 Å². The molecule has 1 saturated carbocycles. The van der Waals surface area contributed by atoms with Crippen LogP contribution in [0.4, 0.5) is 10.1 Å². The van der Waals surface area contributed by atoms with Crippen LogP contribution in [0.5, 0.6) is 5.75 Å². The third-order valence-electron chi connectivity index (χ3n) is 2.65. The normalized spacial score (nSPS) is 16.9. The van der Waals surface area contributed by atoms with Crippen molar-refractivity contribution in [1.29, 1.82) is 0 Å². The Morgan fingerprint density at radius 2 is 2.00 bits per heavy atom. The van der Waals surface area contributed by atoms with Gasteiger partial charge in [-0.15, -0.1) is 0 Å². The molecule has 1 fully saturated rings. The number of ether oxygens (including phenoxy) is 1. The number of nitrogens with two attached hydrogens (primary N) is 1. The van der Waals surface area contributed by atoms with Crippen LogP contribution in [0, 0.1) is 5.82 Å². The lowest BCUT2D eigenvalue weighted by atomic mass is 10.2. The number of halogens is 2. The van der Waals surface area contributed by atoms with Crippen LogP contribution in [0.1, 0.15) is 25.7 Å². The minimum Gasteiger partial charge on any atom is -0.488 e. The Balaban J connectivity index is 2.16. The summed E-state index contributed by atoms with van der Waals surface area (Å²) in [5.41, 5.74) is 6.23. The molecular formula is C11H13BrFNO. The quantitative estimate of drug-likeness (QED) is 0.838. The molecule has 1 aliphatic rings. The van der Waals surface area contributed by atoms with E-state index >= 15 is 0 Å². The summed E-state index contributed by atoms with van der Waals surface area (Å²) in [6.07, 6.45) is 4.65. The fraction of sp³-hybridized carbons (Fsp3) is 0.455. The highest BCUT2D eigenvalue weighted by atomic mass is 79.9. The predicted molar refractivity (Wildman–Crippen MR) is 61.4 cm³/mol. The monoisotopic (exact) mass is 273 g/mol. The number of hydrogen-bond donors (Lipinski definition) is 1. The van der Waals surface area contributed by atoms with Crippen LogP contribution < -0.4 is 10.5 Å². The van der Waals surface area contributed by atoms with Crippen molar-refractivity contribution >= 4 is 21.6 Å². The van der Waals surface area contributed by atoms with Gasteiger partial charge in [-0.2, -0.15) is 0 Å². The summed E-state index contributed by atoms with van der Waals surface area (Å²) < 4.78 is 19.3. The Kier molecular flexibility index (Phi) is 3.14. The van der Waals surface area contributed by atoms with Gasteiger partial charge in [0.1, 0.15) is 11.6 Å². The third-order valence-corrected chi connectivity index (χ3v) is 3.26. The summed E-state index contributed by atoms with van der Waals surface area (Å²) in [4.78, 5) is 0. The summed E-state index contributed by atoms with van der Waals surface area (Å²) in [6.45, 7) is 0. The first-order valence-corrected chi connectivity index (χ1v) is 5.87. The largest absolute Gasteiger partial charge is 0.488 e. The molecule has 0 saturated heterocycles. The van der Waals surface area contributed by atoms with Crippen LogP contribution in [0.3, 0.4) is 0 Å². The highest BCUT2D eigenvalue weighted by Crippen LogP contribution is 2.31. The van der Waals surface area contributed by atoms with Crippen LogP contribution in [0.2, 0.25) is 0 Å². The summed E-state index contributed by atoms with van der Waals surface area (Å²) >= 11 is 3.08. The van der Waals surface area contributed by atoms with Gasteiger partial charge >= 0.3 is 0 Å². The number of nitrogen functional groups attached to an aromatic ring is 1. The first-order valence-electron chi connectivity index (χ1n) is 5.08. The van der Waals surface area contributed by atoms with Gasteiger partial charge in [-0.3, -0.25) is 0 Å². The molecule has 0 spiro atoms. The van der Waals surface area contributed by atoms with Crippen LogP contribution in [0.15, 0.2) is 16.6 Å². The fourth-order valence-electron chi connectivity index (χ4n) is 1.83. The van der Waals surface area contributed by atoms with E-state index in [9.17, 15) is 4.39 Å². The van der Waals surface area contributed by atoms with E-state index in [-0.39, 0.29) is 11.9 Å². The van der Waals surface area contributed by atoms with Gasteiger partial charge < -0.3 is 10.5 Å². The Hall–Kier alpha value is -0.770. The molecule has 0 bridgehead atoms. The lowest BCUT2D eigenvalue weighted by molar-refractivity contribution is 0.210. The second-order valence-corrected chi connectivity index (χ2v) is 4.68. The van der Waals surface area contributed by atoms with Crippen molar-refractivity contribution in [3.8, 4) is 5.75 Å². The molecule has 2 rings (SSSR count). The van der Waals surface area contributed by atoms with Gasteiger partial charge in [0.2, 0.25) is 0 Å². The maximum absolute atomic E-state index is 13.3. The summed E-state index contributed by atoms with van der Waals surface area (Å²) in [6, 6.07) is 2.89. The minimum atomic E-state index is -0.336. The zero-order valence-electron chi connectivity index (χ0n) is 8.30. The van der Waals surface area contributed by atoms with Gasteiger partial charge in [0.25, 0.3) is 0 Å². The van der Waals surface area contributed by atoms with E-state index in [1.807, 2.05) is 0 Å². The van der Waals surface area contributed by atoms with Crippen molar-refractivity contribution in [2.75, 3.05) is 5.73 Å². The average molecular weight is 274 g/mol. The number of hydrogen-bond acceptors (Lipinski definition) is 2. The molecule has 4 heteroatoms. The maximum atomic E-state index is 13.3. The lowest BCUT2D eigenvalue weighted by Crippen LogP contribution is -2.12. The molecular weight excluding hydrogens is 261 g/mol. The second kappa shape index (κ2) is 4.39. The summed E-state index contributed by atoms with van der Waals surface area (Å²) in [7, 11) is 0. The van der Waals surface area contributed by atoms with Crippen molar-refractivity contribution in [1.82, 2.24) is 0 Å². The van der Waals surface area contributed by atoms with Crippen LogP contribution in [0.25, 0.3) is 0 Å². The molecule has 1 aromatic rings. The maximum Gasteiger partial charge on any atom is 0.145 e. The molecule has 0 amide bonds. The van der Waals surface area contributed by atoms with E-state index in [0.29, 0.717) is 15.9 Å². The summed E-state index contributed by atoms with van der Waals surface area (Å²) in [5.74, 6) is 0.125. The van der Waals surface area contributed by atoms with Crippen LogP contribution >= 0.6 is 15.9 Å². The Morgan fingerprint density at radius 1 is 1.33 bits per heavy atom. The highest BCUT2D eigenvalue weighted by molar-refractivity contribution is 9.10. The molecule has 2 nitrogen and oxygen atoms in total. The highest BCUT2D eigenvalue weighted by Gasteiger charge is 2.18. The molecule has 0 unspecified atom stereocenters. The Morgan fingerprint density at radius 3 is 2.67 bits per heavy atom. The van der Waals surface area contributed by atoms with Gasteiger partial charge in [-0.25, -0.2) is 4.39 Å². The minimum absolute atomic E-state index is 0.202. The lowest BCUT2D eigenvalue weighted by Gasteiger charge is -2.15. The van der Waals surface area contributed by atoms with E-state index in [2.05, 4.69) is 15.9 Å². The first-order chi connectivity index (χ1) is 7.16. The molecule has 82 valence electrons. The molecule has 1 aromatic carbocycles. The second-order valence-electron chi connectivity index (χ2n) is 3.83. The van der Waals surface area contributed by atoms with Crippen molar-refractivity contribution in [3.63, 3.8) is 0 Å². The van der Waals surface area contributed by atoms with Gasteiger partial charge in [-0.1, -0.05) is 0 Å². The van der Waals surface area contributed by atoms with Crippen molar-refractivity contribution < 1.29 is 9.13 Å². The zero-order valence-corrected chi connectivity index (χ0v) is 9.89. The SMILES string of the molecule is Nc1cc(Br)c(F)cc1OC1CCCC1. The summed E-state index contributed by atoms with van der Waals surface area (Å²) in [5, 5.41) is 0. The number of anilines is 1. The van der Waals surface area contributed by atoms with E-state index < -0.39 is 0 Å². The van der Waals surface area contributed by atoms with Crippen molar-refractivity contribution in [2.45, 2.75) is 31.8 Å².